The van der Waals surface area contributed by atoms with Gasteiger partial charge in [0.25, 0.3) is 5.78 Å². The van der Waals surface area contributed by atoms with Crippen LogP contribution in [0, 0.1) is 6.92 Å². The van der Waals surface area contributed by atoms with Crippen LogP contribution in [0.5, 0.6) is 0 Å². The van der Waals surface area contributed by atoms with Crippen LogP contribution in [0.25, 0.3) is 26.7 Å². The van der Waals surface area contributed by atoms with Crippen LogP contribution in [0.15, 0.2) is 90.5 Å². The molecular weight excluding hydrogens is 492 g/mol. The lowest BCUT2D eigenvalue weighted by atomic mass is 9.94. The highest BCUT2D eigenvalue weighted by molar-refractivity contribution is 7.22. The van der Waals surface area contributed by atoms with E-state index in [-0.39, 0.29) is 11.3 Å². The molecule has 0 spiro atoms. The number of halogens is 1. The smallest absolute Gasteiger partial charge is 0.301 e. The molecule has 176 valence electrons. The number of ketones is 1. The molecule has 1 atom stereocenters. The number of carbonyl (C=O) groups excluding carboxylic acids is 2. The first-order valence-electron chi connectivity index (χ1n) is 11.3. The highest BCUT2D eigenvalue weighted by Gasteiger charge is 2.48. The SMILES string of the molecule is Cc1cccc(C2/C(=C(\O)c3ccc4ccccc4c3)C(=O)C(=O)N2c2nc3ccc(Cl)cc3s2)c1. The van der Waals surface area contributed by atoms with Crippen LogP contribution in [0.1, 0.15) is 22.7 Å². The number of aliphatic hydroxyl groups is 1. The number of amides is 1. The Balaban J connectivity index is 1.57. The van der Waals surface area contributed by atoms with E-state index in [0.717, 1.165) is 21.0 Å². The lowest BCUT2D eigenvalue weighted by Crippen LogP contribution is -2.29. The Kier molecular flexibility index (Phi) is 5.36. The summed E-state index contributed by atoms with van der Waals surface area (Å²) in [6.45, 7) is 1.94. The molecule has 36 heavy (non-hydrogen) atoms. The van der Waals surface area contributed by atoms with Gasteiger partial charge in [0.1, 0.15) is 5.76 Å². The molecule has 6 rings (SSSR count). The van der Waals surface area contributed by atoms with Gasteiger partial charge in [0.15, 0.2) is 5.13 Å². The molecule has 0 aliphatic carbocycles. The molecule has 2 heterocycles. The maximum Gasteiger partial charge on any atom is 0.301 e. The number of thiazole rings is 1. The Hall–Kier alpha value is -4.00. The monoisotopic (exact) mass is 510 g/mol. The fourth-order valence-corrected chi connectivity index (χ4v) is 5.94. The van der Waals surface area contributed by atoms with Gasteiger partial charge in [0.05, 0.1) is 21.8 Å². The lowest BCUT2D eigenvalue weighted by Gasteiger charge is -2.23. The second kappa shape index (κ2) is 8.59. The van der Waals surface area contributed by atoms with Gasteiger partial charge in [-0.2, -0.15) is 0 Å². The summed E-state index contributed by atoms with van der Waals surface area (Å²) in [6, 6.07) is 25.3. The van der Waals surface area contributed by atoms with Crippen molar-refractivity contribution in [2.24, 2.45) is 0 Å². The molecule has 1 aliphatic heterocycles. The number of aliphatic hydroxyl groups excluding tert-OH is 1. The Morgan fingerprint density at radius 1 is 0.944 bits per heavy atom. The van der Waals surface area contributed by atoms with Crippen LogP contribution in [-0.2, 0) is 9.59 Å². The highest BCUT2D eigenvalue weighted by Crippen LogP contribution is 2.44. The van der Waals surface area contributed by atoms with Crippen LogP contribution in [-0.4, -0.2) is 21.8 Å². The van der Waals surface area contributed by atoms with Gasteiger partial charge in [0.2, 0.25) is 0 Å². The topological polar surface area (TPSA) is 70.5 Å². The summed E-state index contributed by atoms with van der Waals surface area (Å²) >= 11 is 7.44. The van der Waals surface area contributed by atoms with Crippen molar-refractivity contribution in [3.63, 3.8) is 0 Å². The number of benzene rings is 4. The third-order valence-electron chi connectivity index (χ3n) is 6.37. The van der Waals surface area contributed by atoms with Crippen molar-refractivity contribution in [2.45, 2.75) is 13.0 Å². The van der Waals surface area contributed by atoms with Gasteiger partial charge in [-0.1, -0.05) is 89.2 Å². The summed E-state index contributed by atoms with van der Waals surface area (Å²) in [6.07, 6.45) is 0. The average Bonchev–Trinajstić information content (AvgIpc) is 3.41. The molecule has 4 aromatic carbocycles. The molecule has 1 aromatic heterocycles. The summed E-state index contributed by atoms with van der Waals surface area (Å²) in [5.74, 6) is -1.68. The minimum Gasteiger partial charge on any atom is -0.507 e. The molecule has 1 amide bonds. The van der Waals surface area contributed by atoms with Gasteiger partial charge in [-0.05, 0) is 47.5 Å². The van der Waals surface area contributed by atoms with Crippen LogP contribution < -0.4 is 4.90 Å². The molecule has 5 aromatic rings. The van der Waals surface area contributed by atoms with Gasteiger partial charge in [-0.15, -0.1) is 0 Å². The second-order valence-electron chi connectivity index (χ2n) is 8.75. The number of nitrogens with zero attached hydrogens (tertiary/aromatic N) is 2. The summed E-state index contributed by atoms with van der Waals surface area (Å²) in [7, 11) is 0. The number of aryl methyl sites for hydroxylation is 1. The third-order valence-corrected chi connectivity index (χ3v) is 7.62. The lowest BCUT2D eigenvalue weighted by molar-refractivity contribution is -0.132. The molecule has 7 heteroatoms. The number of fused-ring (bicyclic) bond motifs is 2. The zero-order valence-corrected chi connectivity index (χ0v) is 20.7. The summed E-state index contributed by atoms with van der Waals surface area (Å²) in [5, 5.41) is 14.3. The van der Waals surface area contributed by atoms with E-state index >= 15 is 0 Å². The van der Waals surface area contributed by atoms with Crippen LogP contribution in [0.3, 0.4) is 0 Å². The van der Waals surface area contributed by atoms with Crippen molar-refractivity contribution >= 4 is 66.5 Å². The van der Waals surface area contributed by atoms with Crippen LogP contribution in [0.4, 0.5) is 5.13 Å². The molecule has 1 saturated heterocycles. The molecular formula is C29H19ClN2O3S. The maximum absolute atomic E-state index is 13.5. The van der Waals surface area contributed by atoms with E-state index in [1.807, 2.05) is 67.6 Å². The summed E-state index contributed by atoms with van der Waals surface area (Å²) in [5.41, 5.74) is 2.88. The predicted molar refractivity (Wildman–Crippen MR) is 145 cm³/mol. The van der Waals surface area contributed by atoms with Gasteiger partial charge in [0, 0.05) is 10.6 Å². The normalized spacial score (nSPS) is 17.4. The molecule has 1 unspecified atom stereocenters. The largest absolute Gasteiger partial charge is 0.507 e. The number of anilines is 1. The van der Waals surface area contributed by atoms with E-state index in [1.54, 1.807) is 24.3 Å². The third kappa shape index (κ3) is 3.66. The van der Waals surface area contributed by atoms with Crippen LogP contribution >= 0.6 is 22.9 Å². The second-order valence-corrected chi connectivity index (χ2v) is 10.2. The first-order chi connectivity index (χ1) is 17.4. The summed E-state index contributed by atoms with van der Waals surface area (Å²) in [4.78, 5) is 32.9. The molecule has 0 bridgehead atoms. The standard InChI is InChI=1S/C29H19ClN2O3S/c1-16-5-4-8-19(13-16)25-24(26(33)20-10-9-17-6-2-3-7-18(17)14-20)27(34)28(35)32(25)29-31-22-12-11-21(30)15-23(22)36-29/h2-15,25,33H,1H3/b26-24+. The number of Topliss-reactive ketones (excluding diaryl/α,β-unsaturated/α-hetero) is 1. The minimum atomic E-state index is -0.826. The molecule has 0 radical (unpaired) electrons. The Labute approximate surface area is 215 Å². The van der Waals surface area contributed by atoms with Crippen molar-refractivity contribution in [1.29, 1.82) is 0 Å². The first kappa shape index (κ1) is 22.5. The zero-order valence-electron chi connectivity index (χ0n) is 19.1. The van der Waals surface area contributed by atoms with Crippen LogP contribution in [0.2, 0.25) is 5.02 Å². The van der Waals surface area contributed by atoms with E-state index in [9.17, 15) is 14.7 Å². The van der Waals surface area contributed by atoms with Crippen molar-refractivity contribution < 1.29 is 14.7 Å². The van der Waals surface area contributed by atoms with Gasteiger partial charge >= 0.3 is 5.91 Å². The molecule has 1 N–H and O–H groups in total. The number of hydrogen-bond acceptors (Lipinski definition) is 5. The average molecular weight is 511 g/mol. The Morgan fingerprint density at radius 2 is 1.75 bits per heavy atom. The number of hydrogen-bond donors (Lipinski definition) is 1. The minimum absolute atomic E-state index is 0.0400. The zero-order chi connectivity index (χ0) is 25.0. The number of rotatable bonds is 3. The van der Waals surface area contributed by atoms with E-state index in [2.05, 4.69) is 4.98 Å². The Morgan fingerprint density at radius 3 is 2.56 bits per heavy atom. The molecule has 1 fully saturated rings. The quantitative estimate of drug-likeness (QED) is 0.160. The summed E-state index contributed by atoms with van der Waals surface area (Å²) < 4.78 is 0.803. The molecule has 0 saturated carbocycles. The highest BCUT2D eigenvalue weighted by atomic mass is 35.5. The number of aromatic nitrogens is 1. The van der Waals surface area contributed by atoms with E-state index < -0.39 is 17.7 Å². The fourth-order valence-electron chi connectivity index (χ4n) is 4.67. The van der Waals surface area contributed by atoms with Crippen molar-refractivity contribution in [3.05, 3.63) is 112 Å². The van der Waals surface area contributed by atoms with Gasteiger partial charge < -0.3 is 5.11 Å². The van der Waals surface area contributed by atoms with E-state index in [1.165, 1.54) is 16.2 Å². The maximum atomic E-state index is 13.5. The molecule has 1 aliphatic rings. The van der Waals surface area contributed by atoms with E-state index in [0.29, 0.717) is 26.8 Å². The van der Waals surface area contributed by atoms with Crippen molar-refractivity contribution in [1.82, 2.24) is 4.98 Å². The van der Waals surface area contributed by atoms with Gasteiger partial charge in [-0.25, -0.2) is 4.98 Å². The number of carbonyl (C=O) groups is 2. The van der Waals surface area contributed by atoms with Gasteiger partial charge in [-0.3, -0.25) is 14.5 Å². The first-order valence-corrected chi connectivity index (χ1v) is 12.5. The Bertz CT molecular complexity index is 1740. The predicted octanol–water partition coefficient (Wildman–Crippen LogP) is 7.04. The van der Waals surface area contributed by atoms with Crippen molar-refractivity contribution in [3.8, 4) is 0 Å². The van der Waals surface area contributed by atoms with E-state index in [4.69, 9.17) is 11.6 Å². The molecule has 5 nitrogen and oxygen atoms in total. The fraction of sp³-hybridized carbons (Fsp3) is 0.0690. The van der Waals surface area contributed by atoms with Crippen molar-refractivity contribution in [2.75, 3.05) is 4.90 Å².